The van der Waals surface area contributed by atoms with E-state index in [1.165, 1.54) is 54.5 Å². The minimum atomic E-state index is 0.953. The highest BCUT2D eigenvalue weighted by molar-refractivity contribution is 7.15. The lowest BCUT2D eigenvalue weighted by Gasteiger charge is -2.18. The molecule has 2 rings (SSSR count). The second kappa shape index (κ2) is 6.36. The summed E-state index contributed by atoms with van der Waals surface area (Å²) in [5.74, 6) is 0. The molecule has 1 N–H and O–H groups in total. The van der Waals surface area contributed by atoms with Crippen molar-refractivity contribution in [1.29, 1.82) is 0 Å². The first kappa shape index (κ1) is 12.8. The van der Waals surface area contributed by atoms with Crippen LogP contribution in [-0.4, -0.2) is 25.1 Å². The third-order valence-corrected chi connectivity index (χ3v) is 4.47. The Labute approximate surface area is 108 Å². The van der Waals surface area contributed by atoms with Gasteiger partial charge in [0.2, 0.25) is 0 Å². The Morgan fingerprint density at radius 3 is 2.53 bits per heavy atom. The van der Waals surface area contributed by atoms with E-state index in [0.29, 0.717) is 0 Å². The number of aromatic nitrogens is 1. The molecular formula is C13H23N3S. The van der Waals surface area contributed by atoms with Gasteiger partial charge in [-0.3, -0.25) is 0 Å². The van der Waals surface area contributed by atoms with Gasteiger partial charge in [-0.05, 0) is 26.3 Å². The maximum atomic E-state index is 4.82. The van der Waals surface area contributed by atoms with Gasteiger partial charge in [0.15, 0.2) is 5.13 Å². The van der Waals surface area contributed by atoms with Crippen LogP contribution in [0.4, 0.5) is 5.13 Å². The van der Waals surface area contributed by atoms with Gasteiger partial charge in [-0.25, -0.2) is 4.98 Å². The van der Waals surface area contributed by atoms with Crippen LogP contribution in [0.5, 0.6) is 0 Å². The SMILES string of the molecule is CCc1nc(N2CCCCCC2)sc1CNC. The van der Waals surface area contributed by atoms with E-state index in [0.717, 1.165) is 13.0 Å². The molecule has 96 valence electrons. The van der Waals surface area contributed by atoms with Gasteiger partial charge in [0, 0.05) is 24.5 Å². The maximum Gasteiger partial charge on any atom is 0.185 e. The van der Waals surface area contributed by atoms with Crippen molar-refractivity contribution in [3.8, 4) is 0 Å². The topological polar surface area (TPSA) is 28.2 Å². The van der Waals surface area contributed by atoms with Gasteiger partial charge in [-0.2, -0.15) is 0 Å². The highest BCUT2D eigenvalue weighted by Gasteiger charge is 2.16. The minimum Gasteiger partial charge on any atom is -0.348 e. The zero-order valence-corrected chi connectivity index (χ0v) is 11.8. The van der Waals surface area contributed by atoms with E-state index < -0.39 is 0 Å². The second-order valence-corrected chi connectivity index (χ2v) is 5.71. The summed E-state index contributed by atoms with van der Waals surface area (Å²) < 4.78 is 0. The highest BCUT2D eigenvalue weighted by Crippen LogP contribution is 2.28. The van der Waals surface area contributed by atoms with E-state index in [1.54, 1.807) is 0 Å². The monoisotopic (exact) mass is 253 g/mol. The molecule has 0 aromatic carbocycles. The number of hydrogen-bond donors (Lipinski definition) is 1. The first-order valence-corrected chi connectivity index (χ1v) is 7.55. The maximum absolute atomic E-state index is 4.82. The van der Waals surface area contributed by atoms with Crippen molar-refractivity contribution in [2.45, 2.75) is 45.6 Å². The van der Waals surface area contributed by atoms with Crippen LogP contribution in [0.2, 0.25) is 0 Å². The number of thiazole rings is 1. The first-order chi connectivity index (χ1) is 8.35. The van der Waals surface area contributed by atoms with E-state index in [4.69, 9.17) is 4.98 Å². The van der Waals surface area contributed by atoms with Crippen molar-refractivity contribution in [1.82, 2.24) is 10.3 Å². The molecule has 3 nitrogen and oxygen atoms in total. The van der Waals surface area contributed by atoms with Crippen LogP contribution in [0.1, 0.15) is 43.2 Å². The van der Waals surface area contributed by atoms with Crippen molar-refractivity contribution in [3.05, 3.63) is 10.6 Å². The molecule has 1 saturated heterocycles. The molecule has 0 bridgehead atoms. The second-order valence-electron chi connectivity index (χ2n) is 4.65. The standard InChI is InChI=1S/C13H23N3S/c1-3-11-12(10-14-2)17-13(15-11)16-8-6-4-5-7-9-16/h14H,3-10H2,1-2H3. The Morgan fingerprint density at radius 2 is 1.94 bits per heavy atom. The number of nitrogens with zero attached hydrogens (tertiary/aromatic N) is 2. The zero-order chi connectivity index (χ0) is 12.1. The largest absolute Gasteiger partial charge is 0.348 e. The lowest BCUT2D eigenvalue weighted by atomic mass is 10.2. The van der Waals surface area contributed by atoms with Crippen molar-refractivity contribution in [2.75, 3.05) is 25.0 Å². The fourth-order valence-corrected chi connectivity index (χ4v) is 3.55. The van der Waals surface area contributed by atoms with Gasteiger partial charge in [-0.15, -0.1) is 11.3 Å². The van der Waals surface area contributed by atoms with Crippen LogP contribution < -0.4 is 10.2 Å². The molecule has 4 heteroatoms. The molecule has 0 amide bonds. The molecule has 1 aliphatic rings. The molecule has 17 heavy (non-hydrogen) atoms. The molecule has 1 fully saturated rings. The fraction of sp³-hybridized carbons (Fsp3) is 0.769. The van der Waals surface area contributed by atoms with Gasteiger partial charge < -0.3 is 10.2 Å². The minimum absolute atomic E-state index is 0.953. The highest BCUT2D eigenvalue weighted by atomic mass is 32.1. The summed E-state index contributed by atoms with van der Waals surface area (Å²) in [4.78, 5) is 8.71. The van der Waals surface area contributed by atoms with E-state index in [1.807, 2.05) is 18.4 Å². The third-order valence-electron chi connectivity index (χ3n) is 3.32. The van der Waals surface area contributed by atoms with Crippen molar-refractivity contribution in [2.24, 2.45) is 0 Å². The summed E-state index contributed by atoms with van der Waals surface area (Å²) in [6.45, 7) is 5.53. The fourth-order valence-electron chi connectivity index (χ4n) is 2.34. The molecule has 1 aromatic rings. The smallest absolute Gasteiger partial charge is 0.185 e. The predicted molar refractivity (Wildman–Crippen MR) is 74.9 cm³/mol. The Hall–Kier alpha value is -0.610. The van der Waals surface area contributed by atoms with E-state index in [2.05, 4.69) is 17.1 Å². The molecule has 0 saturated carbocycles. The summed E-state index contributed by atoms with van der Waals surface area (Å²) in [6, 6.07) is 0. The van der Waals surface area contributed by atoms with Crippen LogP contribution in [0.25, 0.3) is 0 Å². The summed E-state index contributed by atoms with van der Waals surface area (Å²) in [5, 5.41) is 4.48. The van der Waals surface area contributed by atoms with Gasteiger partial charge in [0.25, 0.3) is 0 Å². The molecule has 0 atom stereocenters. The molecule has 1 aromatic heterocycles. The molecule has 0 radical (unpaired) electrons. The Bertz CT molecular complexity index is 340. The van der Waals surface area contributed by atoms with Crippen molar-refractivity contribution >= 4 is 16.5 Å². The number of nitrogens with one attached hydrogen (secondary N) is 1. The number of anilines is 1. The zero-order valence-electron chi connectivity index (χ0n) is 11.0. The van der Waals surface area contributed by atoms with Gasteiger partial charge in [-0.1, -0.05) is 19.8 Å². The molecular weight excluding hydrogens is 230 g/mol. The van der Waals surface area contributed by atoms with E-state index in [9.17, 15) is 0 Å². The van der Waals surface area contributed by atoms with Crippen LogP contribution in [0.3, 0.4) is 0 Å². The van der Waals surface area contributed by atoms with Crippen LogP contribution in [-0.2, 0) is 13.0 Å². The van der Waals surface area contributed by atoms with Gasteiger partial charge in [0.05, 0.1) is 5.69 Å². The van der Waals surface area contributed by atoms with Gasteiger partial charge in [0.1, 0.15) is 0 Å². The average molecular weight is 253 g/mol. The summed E-state index contributed by atoms with van der Waals surface area (Å²) in [7, 11) is 2.00. The number of hydrogen-bond acceptors (Lipinski definition) is 4. The Morgan fingerprint density at radius 1 is 1.24 bits per heavy atom. The van der Waals surface area contributed by atoms with E-state index >= 15 is 0 Å². The normalized spacial score (nSPS) is 17.2. The Balaban J connectivity index is 2.13. The summed E-state index contributed by atoms with van der Waals surface area (Å²) >= 11 is 1.88. The predicted octanol–water partition coefficient (Wildman–Crippen LogP) is 2.81. The molecule has 0 aliphatic carbocycles. The third kappa shape index (κ3) is 3.19. The molecule has 1 aliphatic heterocycles. The summed E-state index contributed by atoms with van der Waals surface area (Å²) in [6.07, 6.45) is 6.45. The lowest BCUT2D eigenvalue weighted by Crippen LogP contribution is -2.23. The molecule has 0 spiro atoms. The number of aryl methyl sites for hydroxylation is 1. The quantitative estimate of drug-likeness (QED) is 0.894. The molecule has 2 heterocycles. The average Bonchev–Trinajstić information content (AvgIpc) is 2.58. The molecule has 0 unspecified atom stereocenters. The van der Waals surface area contributed by atoms with Gasteiger partial charge >= 0.3 is 0 Å². The lowest BCUT2D eigenvalue weighted by molar-refractivity contribution is 0.726. The van der Waals surface area contributed by atoms with Crippen molar-refractivity contribution < 1.29 is 0 Å². The van der Waals surface area contributed by atoms with Crippen LogP contribution >= 0.6 is 11.3 Å². The van der Waals surface area contributed by atoms with E-state index in [-0.39, 0.29) is 0 Å². The Kier molecular flexibility index (Phi) is 4.80. The van der Waals surface area contributed by atoms with Crippen LogP contribution in [0.15, 0.2) is 0 Å². The number of rotatable bonds is 4. The van der Waals surface area contributed by atoms with Crippen LogP contribution in [0, 0.1) is 0 Å². The van der Waals surface area contributed by atoms with Crippen molar-refractivity contribution in [3.63, 3.8) is 0 Å². The summed E-state index contributed by atoms with van der Waals surface area (Å²) in [5.41, 5.74) is 1.28. The first-order valence-electron chi connectivity index (χ1n) is 6.73.